The molecule has 1 atom stereocenters. The summed E-state index contributed by atoms with van der Waals surface area (Å²) in [6, 6.07) is 0. The van der Waals surface area contributed by atoms with E-state index in [0.29, 0.717) is 0 Å². The minimum absolute atomic E-state index is 0.188. The maximum Gasteiger partial charge on any atom is -0.00973 e. The quantitative estimate of drug-likeness (QED) is 0.552. The molecule has 0 rings (SSSR count). The first-order chi connectivity index (χ1) is 4.18. The number of rotatable bonds is 4. The predicted molar refractivity (Wildman–Crippen MR) is 46.3 cm³/mol. The number of unbranched alkanes of at least 4 members (excludes halogenated alkanes) is 1. The number of hydrogen-bond donors (Lipinski definition) is 0. The van der Waals surface area contributed by atoms with Gasteiger partial charge < -0.3 is 0 Å². The Morgan fingerprint density at radius 2 is 1.89 bits per heavy atom. The molecule has 0 aromatic heterocycles. The Morgan fingerprint density at radius 3 is 2.22 bits per heavy atom. The molecule has 0 fully saturated rings. The van der Waals surface area contributed by atoms with Gasteiger partial charge >= 0.3 is 0 Å². The predicted octanol–water partition coefficient (Wildman–Crippen LogP) is 2.37. The summed E-state index contributed by atoms with van der Waals surface area (Å²) in [7, 11) is 4.52. The first kappa shape index (κ1) is 9.39. The minimum Gasteiger partial charge on any atom is -0.288 e. The second-order valence-electron chi connectivity index (χ2n) is 2.58. The van der Waals surface area contributed by atoms with Crippen molar-refractivity contribution in [1.29, 1.82) is 0 Å². The maximum atomic E-state index is 2.34. The lowest BCUT2D eigenvalue weighted by molar-refractivity contribution is 0.673. The van der Waals surface area contributed by atoms with Crippen molar-refractivity contribution in [1.82, 2.24) is 4.67 Å². The molecule has 0 spiro atoms. The van der Waals surface area contributed by atoms with Crippen molar-refractivity contribution in [3.63, 3.8) is 0 Å². The molecule has 0 N–H and O–H groups in total. The molecule has 0 saturated carbocycles. The Hall–Kier alpha value is 0.390. The SMILES string of the molecule is CCCCP(C)N(C)C. The zero-order valence-electron chi connectivity index (χ0n) is 7.02. The monoisotopic (exact) mass is 147 g/mol. The van der Waals surface area contributed by atoms with Crippen molar-refractivity contribution >= 4 is 8.07 Å². The van der Waals surface area contributed by atoms with Crippen LogP contribution in [-0.4, -0.2) is 31.6 Å². The van der Waals surface area contributed by atoms with E-state index in [-0.39, 0.29) is 8.07 Å². The van der Waals surface area contributed by atoms with E-state index in [4.69, 9.17) is 0 Å². The van der Waals surface area contributed by atoms with Crippen molar-refractivity contribution in [2.75, 3.05) is 26.9 Å². The fraction of sp³-hybridized carbons (Fsp3) is 1.00. The van der Waals surface area contributed by atoms with Gasteiger partial charge in [-0.25, -0.2) is 0 Å². The summed E-state index contributed by atoms with van der Waals surface area (Å²) in [5, 5.41) is 0. The molecular formula is C7H18NP. The molecule has 0 heterocycles. The Balaban J connectivity index is 3.16. The van der Waals surface area contributed by atoms with Crippen molar-refractivity contribution in [2.24, 2.45) is 0 Å². The van der Waals surface area contributed by atoms with Crippen LogP contribution in [0.2, 0.25) is 0 Å². The zero-order valence-corrected chi connectivity index (χ0v) is 7.91. The van der Waals surface area contributed by atoms with Crippen LogP contribution in [0, 0.1) is 0 Å². The zero-order chi connectivity index (χ0) is 7.28. The molecule has 56 valence electrons. The Labute approximate surface area is 60.2 Å². The van der Waals surface area contributed by atoms with Crippen molar-refractivity contribution < 1.29 is 0 Å². The second kappa shape index (κ2) is 5.20. The van der Waals surface area contributed by atoms with E-state index in [1.54, 1.807) is 0 Å². The molecule has 0 aromatic rings. The smallest absolute Gasteiger partial charge is 0.00973 e. The third-order valence-electron chi connectivity index (χ3n) is 1.52. The summed E-state index contributed by atoms with van der Waals surface area (Å²) in [5.41, 5.74) is 0. The van der Waals surface area contributed by atoms with Gasteiger partial charge in [0.25, 0.3) is 0 Å². The molecule has 0 aliphatic rings. The van der Waals surface area contributed by atoms with E-state index in [0.717, 1.165) is 0 Å². The highest BCUT2D eigenvalue weighted by atomic mass is 31.1. The molecule has 0 aliphatic carbocycles. The second-order valence-corrected chi connectivity index (χ2v) is 5.14. The lowest BCUT2D eigenvalue weighted by atomic mass is 10.4. The van der Waals surface area contributed by atoms with Gasteiger partial charge in [0.2, 0.25) is 0 Å². The van der Waals surface area contributed by atoms with Gasteiger partial charge in [0.05, 0.1) is 0 Å². The van der Waals surface area contributed by atoms with Gasteiger partial charge in [0, 0.05) is 0 Å². The summed E-state index contributed by atoms with van der Waals surface area (Å²) >= 11 is 0. The van der Waals surface area contributed by atoms with Gasteiger partial charge in [-0.3, -0.25) is 4.67 Å². The molecule has 0 radical (unpaired) electrons. The molecule has 0 aliphatic heterocycles. The summed E-state index contributed by atoms with van der Waals surface area (Å²) in [6.07, 6.45) is 4.12. The Morgan fingerprint density at radius 1 is 1.33 bits per heavy atom. The third kappa shape index (κ3) is 4.87. The lowest BCUT2D eigenvalue weighted by Crippen LogP contribution is -2.05. The van der Waals surface area contributed by atoms with Crippen LogP contribution in [0.1, 0.15) is 19.8 Å². The molecule has 9 heavy (non-hydrogen) atoms. The molecule has 1 nitrogen and oxygen atoms in total. The van der Waals surface area contributed by atoms with Crippen LogP contribution in [0.25, 0.3) is 0 Å². The topological polar surface area (TPSA) is 3.24 Å². The summed E-state index contributed by atoms with van der Waals surface area (Å²) < 4.78 is 2.34. The molecule has 0 aromatic carbocycles. The third-order valence-corrected chi connectivity index (χ3v) is 3.85. The van der Waals surface area contributed by atoms with Crippen molar-refractivity contribution in [3.8, 4) is 0 Å². The van der Waals surface area contributed by atoms with E-state index in [1.807, 2.05) is 0 Å². The molecule has 1 unspecified atom stereocenters. The van der Waals surface area contributed by atoms with Crippen LogP contribution in [0.5, 0.6) is 0 Å². The molecule has 2 heteroatoms. The number of hydrogen-bond acceptors (Lipinski definition) is 1. The first-order valence-corrected chi connectivity index (χ1v) is 5.49. The van der Waals surface area contributed by atoms with Gasteiger partial charge in [0.1, 0.15) is 0 Å². The van der Waals surface area contributed by atoms with Gasteiger partial charge in [0.15, 0.2) is 0 Å². The fourth-order valence-electron chi connectivity index (χ4n) is 0.587. The van der Waals surface area contributed by atoms with Crippen LogP contribution >= 0.6 is 8.07 Å². The first-order valence-electron chi connectivity index (χ1n) is 3.56. The largest absolute Gasteiger partial charge is 0.288 e. The van der Waals surface area contributed by atoms with E-state index >= 15 is 0 Å². The maximum absolute atomic E-state index is 2.34. The van der Waals surface area contributed by atoms with Crippen LogP contribution in [0.15, 0.2) is 0 Å². The van der Waals surface area contributed by atoms with Gasteiger partial charge in [-0.05, 0) is 41.4 Å². The fourth-order valence-corrected chi connectivity index (χ4v) is 1.76. The van der Waals surface area contributed by atoms with Gasteiger partial charge in [-0.2, -0.15) is 0 Å². The highest BCUT2D eigenvalue weighted by Crippen LogP contribution is 2.33. The summed E-state index contributed by atoms with van der Waals surface area (Å²) in [5.74, 6) is 0. The average Bonchev–Trinajstić information content (AvgIpc) is 1.82. The van der Waals surface area contributed by atoms with E-state index in [1.165, 1.54) is 19.0 Å². The lowest BCUT2D eigenvalue weighted by Gasteiger charge is -2.18. The molecular weight excluding hydrogens is 129 g/mol. The van der Waals surface area contributed by atoms with Crippen molar-refractivity contribution in [2.45, 2.75) is 19.8 Å². The summed E-state index contributed by atoms with van der Waals surface area (Å²) in [6.45, 7) is 4.59. The standard InChI is InChI=1S/C7H18NP/c1-5-6-7-9(4)8(2)3/h5-7H2,1-4H3. The van der Waals surface area contributed by atoms with E-state index in [2.05, 4.69) is 32.4 Å². The van der Waals surface area contributed by atoms with Crippen LogP contribution in [0.4, 0.5) is 0 Å². The Kier molecular flexibility index (Phi) is 5.42. The minimum atomic E-state index is 0.188. The average molecular weight is 147 g/mol. The summed E-state index contributed by atoms with van der Waals surface area (Å²) in [4.78, 5) is 0. The highest BCUT2D eigenvalue weighted by molar-refractivity contribution is 7.54. The normalized spacial score (nSPS) is 14.3. The van der Waals surface area contributed by atoms with E-state index < -0.39 is 0 Å². The van der Waals surface area contributed by atoms with Crippen LogP contribution in [-0.2, 0) is 0 Å². The van der Waals surface area contributed by atoms with Crippen LogP contribution < -0.4 is 0 Å². The molecule has 0 bridgehead atoms. The Bertz CT molecular complexity index is 63.9. The van der Waals surface area contributed by atoms with Gasteiger partial charge in [-0.15, -0.1) is 0 Å². The number of nitrogens with zero attached hydrogens (tertiary/aromatic N) is 1. The molecule has 0 saturated heterocycles. The van der Waals surface area contributed by atoms with Crippen molar-refractivity contribution in [3.05, 3.63) is 0 Å². The molecule has 0 amide bonds. The van der Waals surface area contributed by atoms with E-state index in [9.17, 15) is 0 Å². The van der Waals surface area contributed by atoms with Crippen LogP contribution in [0.3, 0.4) is 0 Å². The highest BCUT2D eigenvalue weighted by Gasteiger charge is 2.00. The van der Waals surface area contributed by atoms with Gasteiger partial charge in [-0.1, -0.05) is 13.3 Å².